The fourth-order valence-electron chi connectivity index (χ4n) is 2.44. The van der Waals surface area contributed by atoms with E-state index in [0.717, 1.165) is 52.0 Å². The number of amides is 1. The van der Waals surface area contributed by atoms with Gasteiger partial charge in [-0.25, -0.2) is 0 Å². The molecule has 0 aromatic heterocycles. The highest BCUT2D eigenvalue weighted by Crippen LogP contribution is 2.14. The number of hydrogen-bond acceptors (Lipinski definition) is 4. The summed E-state index contributed by atoms with van der Waals surface area (Å²) in [6.45, 7) is 8.66. The van der Waals surface area contributed by atoms with Crippen LogP contribution >= 0.6 is 0 Å². The summed E-state index contributed by atoms with van der Waals surface area (Å²) in [5.74, 6) is -0.249. The molecular formula is C13H27N3O2. The third kappa shape index (κ3) is 5.33. The van der Waals surface area contributed by atoms with E-state index in [0.29, 0.717) is 6.10 Å². The Hall–Kier alpha value is -0.650. The molecular weight excluding hydrogens is 230 g/mol. The summed E-state index contributed by atoms with van der Waals surface area (Å²) in [4.78, 5) is 13.6. The number of hydrogen-bond donors (Lipinski definition) is 2. The Kier molecular flexibility index (Phi) is 7.23. The zero-order valence-electron chi connectivity index (χ0n) is 11.7. The maximum absolute atomic E-state index is 11.2. The Balaban J connectivity index is 2.21. The van der Waals surface area contributed by atoms with Crippen molar-refractivity contribution in [1.82, 2.24) is 10.2 Å². The lowest BCUT2D eigenvalue weighted by molar-refractivity contribution is -0.120. The summed E-state index contributed by atoms with van der Waals surface area (Å²) in [5.41, 5.74) is 5.36. The normalized spacial score (nSPS) is 19.9. The Bertz CT molecular complexity index is 240. The molecule has 0 saturated carbocycles. The van der Waals surface area contributed by atoms with Crippen molar-refractivity contribution in [3.05, 3.63) is 0 Å². The highest BCUT2D eigenvalue weighted by molar-refractivity contribution is 5.79. The van der Waals surface area contributed by atoms with Crippen LogP contribution in [0.1, 0.15) is 33.1 Å². The van der Waals surface area contributed by atoms with Crippen LogP contribution in [-0.4, -0.2) is 55.7 Å². The summed E-state index contributed by atoms with van der Waals surface area (Å²) in [5, 5.41) is 3.12. The molecule has 1 saturated heterocycles. The lowest BCUT2D eigenvalue weighted by Gasteiger charge is -2.32. The molecule has 0 aromatic carbocycles. The summed E-state index contributed by atoms with van der Waals surface area (Å²) >= 11 is 0. The van der Waals surface area contributed by atoms with Crippen molar-refractivity contribution in [3.63, 3.8) is 0 Å². The van der Waals surface area contributed by atoms with Crippen molar-refractivity contribution in [1.29, 1.82) is 0 Å². The van der Waals surface area contributed by atoms with Gasteiger partial charge in [-0.15, -0.1) is 0 Å². The predicted octanol–water partition coefficient (Wildman–Crippen LogP) is 0.341. The van der Waals surface area contributed by atoms with Crippen LogP contribution < -0.4 is 11.1 Å². The molecule has 0 bridgehead atoms. The van der Waals surface area contributed by atoms with E-state index in [-0.39, 0.29) is 11.9 Å². The van der Waals surface area contributed by atoms with Crippen LogP contribution in [0.2, 0.25) is 0 Å². The van der Waals surface area contributed by atoms with Crippen molar-refractivity contribution in [2.75, 3.05) is 32.8 Å². The number of carbonyl (C=O) groups excluding carboxylic acids is 1. The monoisotopic (exact) mass is 257 g/mol. The van der Waals surface area contributed by atoms with Gasteiger partial charge in [-0.3, -0.25) is 4.79 Å². The van der Waals surface area contributed by atoms with E-state index in [1.807, 2.05) is 13.8 Å². The van der Waals surface area contributed by atoms with Gasteiger partial charge in [0.2, 0.25) is 5.91 Å². The van der Waals surface area contributed by atoms with E-state index in [9.17, 15) is 4.79 Å². The summed E-state index contributed by atoms with van der Waals surface area (Å²) in [6, 6.07) is -0.195. The lowest BCUT2D eigenvalue weighted by Crippen LogP contribution is -2.45. The summed E-state index contributed by atoms with van der Waals surface area (Å²) < 4.78 is 5.62. The molecule has 18 heavy (non-hydrogen) atoms. The molecule has 0 aliphatic carbocycles. The van der Waals surface area contributed by atoms with Crippen LogP contribution in [0, 0.1) is 0 Å². The van der Waals surface area contributed by atoms with E-state index in [2.05, 4.69) is 10.2 Å². The SMILES string of the molecule is CCNC(CCN1CCC(OCC)CC1)C(N)=O. The number of ether oxygens (including phenoxy) is 1. The maximum atomic E-state index is 11.2. The number of likely N-dealkylation sites (tertiary alicyclic amines) is 1. The Morgan fingerprint density at radius 3 is 2.61 bits per heavy atom. The Labute approximate surface area is 110 Å². The predicted molar refractivity (Wildman–Crippen MR) is 72.4 cm³/mol. The molecule has 1 fully saturated rings. The van der Waals surface area contributed by atoms with Gasteiger partial charge in [0.1, 0.15) is 0 Å². The first-order chi connectivity index (χ1) is 8.67. The van der Waals surface area contributed by atoms with E-state index in [1.54, 1.807) is 0 Å². The molecule has 3 N–H and O–H groups in total. The summed E-state index contributed by atoms with van der Waals surface area (Å²) in [6.07, 6.45) is 3.40. The molecule has 1 rings (SSSR count). The Morgan fingerprint density at radius 2 is 2.11 bits per heavy atom. The van der Waals surface area contributed by atoms with E-state index < -0.39 is 0 Å². The highest BCUT2D eigenvalue weighted by atomic mass is 16.5. The first kappa shape index (κ1) is 15.4. The maximum Gasteiger partial charge on any atom is 0.234 e. The second-order valence-corrected chi connectivity index (χ2v) is 4.80. The number of primary amides is 1. The minimum atomic E-state index is -0.249. The van der Waals surface area contributed by atoms with E-state index in [4.69, 9.17) is 10.5 Å². The quantitative estimate of drug-likeness (QED) is 0.658. The summed E-state index contributed by atoms with van der Waals surface area (Å²) in [7, 11) is 0. The van der Waals surface area contributed by atoms with E-state index >= 15 is 0 Å². The van der Waals surface area contributed by atoms with Crippen molar-refractivity contribution in [3.8, 4) is 0 Å². The van der Waals surface area contributed by atoms with Gasteiger partial charge >= 0.3 is 0 Å². The highest BCUT2D eigenvalue weighted by Gasteiger charge is 2.21. The molecule has 0 radical (unpaired) electrons. The molecule has 1 aliphatic rings. The second kappa shape index (κ2) is 8.45. The number of likely N-dealkylation sites (N-methyl/N-ethyl adjacent to an activating group) is 1. The first-order valence-electron chi connectivity index (χ1n) is 7.04. The fourth-order valence-corrected chi connectivity index (χ4v) is 2.44. The zero-order valence-corrected chi connectivity index (χ0v) is 11.7. The molecule has 1 heterocycles. The van der Waals surface area contributed by atoms with Crippen LogP contribution in [0.25, 0.3) is 0 Å². The van der Waals surface area contributed by atoms with Crippen LogP contribution in [-0.2, 0) is 9.53 Å². The van der Waals surface area contributed by atoms with Gasteiger partial charge in [0, 0.05) is 26.2 Å². The molecule has 1 unspecified atom stereocenters. The molecule has 0 spiro atoms. The Morgan fingerprint density at radius 1 is 1.44 bits per heavy atom. The van der Waals surface area contributed by atoms with Crippen LogP contribution in [0.3, 0.4) is 0 Å². The third-order valence-electron chi connectivity index (χ3n) is 3.46. The minimum Gasteiger partial charge on any atom is -0.378 e. The number of nitrogens with one attached hydrogen (secondary N) is 1. The largest absolute Gasteiger partial charge is 0.378 e. The average molecular weight is 257 g/mol. The number of carbonyl (C=O) groups is 1. The standard InChI is InChI=1S/C13H27N3O2/c1-3-15-12(13(14)17)7-10-16-8-5-11(6-9-16)18-4-2/h11-12,15H,3-10H2,1-2H3,(H2,14,17). The molecule has 1 aliphatic heterocycles. The number of nitrogens with two attached hydrogens (primary N) is 1. The van der Waals surface area contributed by atoms with Crippen molar-refractivity contribution in [2.45, 2.75) is 45.3 Å². The molecule has 1 amide bonds. The van der Waals surface area contributed by atoms with Crippen LogP contribution in [0.15, 0.2) is 0 Å². The second-order valence-electron chi connectivity index (χ2n) is 4.80. The van der Waals surface area contributed by atoms with Crippen LogP contribution in [0.5, 0.6) is 0 Å². The van der Waals surface area contributed by atoms with Gasteiger partial charge in [0.15, 0.2) is 0 Å². The number of piperidine rings is 1. The van der Waals surface area contributed by atoms with Gasteiger partial charge in [-0.1, -0.05) is 6.92 Å². The van der Waals surface area contributed by atoms with Gasteiger partial charge < -0.3 is 20.7 Å². The first-order valence-corrected chi connectivity index (χ1v) is 7.04. The molecule has 5 nitrogen and oxygen atoms in total. The van der Waals surface area contributed by atoms with Gasteiger partial charge in [-0.2, -0.15) is 0 Å². The number of rotatable bonds is 8. The van der Waals surface area contributed by atoms with Gasteiger partial charge in [0.05, 0.1) is 12.1 Å². The van der Waals surface area contributed by atoms with Crippen molar-refractivity contribution < 1.29 is 9.53 Å². The zero-order chi connectivity index (χ0) is 13.4. The lowest BCUT2D eigenvalue weighted by atomic mass is 10.1. The van der Waals surface area contributed by atoms with Crippen molar-refractivity contribution in [2.24, 2.45) is 5.73 Å². The minimum absolute atomic E-state index is 0.195. The fraction of sp³-hybridized carbons (Fsp3) is 0.923. The third-order valence-corrected chi connectivity index (χ3v) is 3.46. The van der Waals surface area contributed by atoms with Crippen LogP contribution in [0.4, 0.5) is 0 Å². The smallest absolute Gasteiger partial charge is 0.234 e. The molecule has 0 aromatic rings. The molecule has 106 valence electrons. The van der Waals surface area contributed by atoms with E-state index in [1.165, 1.54) is 0 Å². The van der Waals surface area contributed by atoms with Crippen molar-refractivity contribution >= 4 is 5.91 Å². The van der Waals surface area contributed by atoms with Gasteiger partial charge in [-0.05, 0) is 32.7 Å². The topological polar surface area (TPSA) is 67.6 Å². The molecule has 5 heteroatoms. The molecule has 1 atom stereocenters. The average Bonchev–Trinajstić information content (AvgIpc) is 2.36. The number of nitrogens with zero attached hydrogens (tertiary/aromatic N) is 1. The van der Waals surface area contributed by atoms with Gasteiger partial charge in [0.25, 0.3) is 0 Å².